The van der Waals surface area contributed by atoms with E-state index in [4.69, 9.17) is 0 Å². The molecule has 112 valence electrons. The molecule has 2 aliphatic heterocycles. The number of piperazine rings is 1. The quantitative estimate of drug-likeness (QED) is 0.772. The van der Waals surface area contributed by atoms with Gasteiger partial charge in [0.2, 0.25) is 0 Å². The highest BCUT2D eigenvalue weighted by Crippen LogP contribution is 2.31. The molecular formula is C17H34N2. The standard InChI is InChI=1S/C17H34N2/c1-13(2)16-12-18-9-7-8-15(18)11-19(16)10-14(3)17(4,5)6/h13-16H,7-12H2,1-6H3. The summed E-state index contributed by atoms with van der Waals surface area (Å²) in [7, 11) is 0. The van der Waals surface area contributed by atoms with E-state index in [9.17, 15) is 0 Å². The lowest BCUT2D eigenvalue weighted by Crippen LogP contribution is -2.59. The van der Waals surface area contributed by atoms with Crippen LogP contribution in [0.1, 0.15) is 54.4 Å². The minimum Gasteiger partial charge on any atom is -0.298 e. The minimum atomic E-state index is 0.425. The lowest BCUT2D eigenvalue weighted by molar-refractivity contribution is 0.00908. The first-order valence-electron chi connectivity index (χ1n) is 8.27. The van der Waals surface area contributed by atoms with Crippen molar-refractivity contribution in [1.82, 2.24) is 9.80 Å². The summed E-state index contributed by atoms with van der Waals surface area (Å²) in [5.74, 6) is 1.54. The number of hydrogen-bond donors (Lipinski definition) is 0. The van der Waals surface area contributed by atoms with Crippen LogP contribution in [0, 0.1) is 17.3 Å². The van der Waals surface area contributed by atoms with E-state index < -0.39 is 0 Å². The number of hydrogen-bond acceptors (Lipinski definition) is 2. The van der Waals surface area contributed by atoms with Crippen molar-refractivity contribution in [2.75, 3.05) is 26.2 Å². The molecule has 0 bridgehead atoms. The monoisotopic (exact) mass is 266 g/mol. The van der Waals surface area contributed by atoms with Crippen LogP contribution in [-0.2, 0) is 0 Å². The smallest absolute Gasteiger partial charge is 0.0247 e. The second kappa shape index (κ2) is 5.73. The van der Waals surface area contributed by atoms with Crippen LogP contribution >= 0.6 is 0 Å². The van der Waals surface area contributed by atoms with Crippen LogP contribution in [0.25, 0.3) is 0 Å². The molecule has 3 unspecified atom stereocenters. The van der Waals surface area contributed by atoms with Crippen molar-refractivity contribution >= 4 is 0 Å². The average molecular weight is 266 g/mol. The lowest BCUT2D eigenvalue weighted by atomic mass is 9.81. The van der Waals surface area contributed by atoms with Gasteiger partial charge in [-0.2, -0.15) is 0 Å². The van der Waals surface area contributed by atoms with Crippen molar-refractivity contribution in [3.8, 4) is 0 Å². The molecule has 0 amide bonds. The molecule has 2 fully saturated rings. The maximum atomic E-state index is 2.81. The predicted molar refractivity (Wildman–Crippen MR) is 83.4 cm³/mol. The molecular weight excluding hydrogens is 232 g/mol. The van der Waals surface area contributed by atoms with E-state index in [1.807, 2.05) is 0 Å². The summed E-state index contributed by atoms with van der Waals surface area (Å²) in [4.78, 5) is 5.57. The molecule has 0 spiro atoms. The molecule has 0 aliphatic carbocycles. The Kier molecular flexibility index (Phi) is 4.62. The van der Waals surface area contributed by atoms with Gasteiger partial charge in [0.05, 0.1) is 0 Å². The zero-order valence-corrected chi connectivity index (χ0v) is 13.9. The van der Waals surface area contributed by atoms with E-state index in [1.54, 1.807) is 0 Å². The van der Waals surface area contributed by atoms with Crippen LogP contribution in [0.2, 0.25) is 0 Å². The minimum absolute atomic E-state index is 0.425. The first-order valence-corrected chi connectivity index (χ1v) is 8.27. The van der Waals surface area contributed by atoms with Crippen LogP contribution in [0.4, 0.5) is 0 Å². The van der Waals surface area contributed by atoms with Crippen molar-refractivity contribution in [3.05, 3.63) is 0 Å². The van der Waals surface area contributed by atoms with Crippen molar-refractivity contribution in [2.45, 2.75) is 66.5 Å². The van der Waals surface area contributed by atoms with Gasteiger partial charge in [-0.1, -0.05) is 41.5 Å². The Morgan fingerprint density at radius 1 is 1.11 bits per heavy atom. The van der Waals surface area contributed by atoms with Gasteiger partial charge in [0.25, 0.3) is 0 Å². The number of nitrogens with zero attached hydrogens (tertiary/aromatic N) is 2. The Balaban J connectivity index is 2.03. The molecule has 0 N–H and O–H groups in total. The summed E-state index contributed by atoms with van der Waals surface area (Å²) >= 11 is 0. The van der Waals surface area contributed by atoms with Gasteiger partial charge in [-0.05, 0) is 36.6 Å². The first-order chi connectivity index (χ1) is 8.79. The van der Waals surface area contributed by atoms with E-state index in [0.29, 0.717) is 5.41 Å². The first kappa shape index (κ1) is 15.3. The summed E-state index contributed by atoms with van der Waals surface area (Å²) in [5.41, 5.74) is 0.425. The molecule has 2 saturated heterocycles. The number of fused-ring (bicyclic) bond motifs is 1. The Bertz CT molecular complexity index is 292. The van der Waals surface area contributed by atoms with Crippen molar-refractivity contribution in [1.29, 1.82) is 0 Å². The molecule has 2 heteroatoms. The molecule has 2 rings (SSSR count). The van der Waals surface area contributed by atoms with Gasteiger partial charge in [0.1, 0.15) is 0 Å². The van der Waals surface area contributed by atoms with Gasteiger partial charge in [-0.25, -0.2) is 0 Å². The summed E-state index contributed by atoms with van der Waals surface area (Å²) in [6.45, 7) is 19.6. The van der Waals surface area contributed by atoms with Crippen LogP contribution in [0.3, 0.4) is 0 Å². The molecule has 0 aromatic rings. The topological polar surface area (TPSA) is 6.48 Å². The van der Waals surface area contributed by atoms with Gasteiger partial charge in [0.15, 0.2) is 0 Å². The zero-order chi connectivity index (χ0) is 14.2. The van der Waals surface area contributed by atoms with Gasteiger partial charge >= 0.3 is 0 Å². The highest BCUT2D eigenvalue weighted by atomic mass is 15.3. The third-order valence-electron chi connectivity index (χ3n) is 5.59. The van der Waals surface area contributed by atoms with Gasteiger partial charge in [0, 0.05) is 31.7 Å². The highest BCUT2D eigenvalue weighted by molar-refractivity contribution is 4.94. The largest absolute Gasteiger partial charge is 0.298 e. The van der Waals surface area contributed by atoms with E-state index in [0.717, 1.165) is 23.9 Å². The van der Waals surface area contributed by atoms with Crippen LogP contribution in [0.5, 0.6) is 0 Å². The van der Waals surface area contributed by atoms with E-state index in [1.165, 1.54) is 39.0 Å². The van der Waals surface area contributed by atoms with E-state index in [-0.39, 0.29) is 0 Å². The Morgan fingerprint density at radius 3 is 2.37 bits per heavy atom. The van der Waals surface area contributed by atoms with Crippen LogP contribution in [-0.4, -0.2) is 48.1 Å². The molecule has 2 nitrogen and oxygen atoms in total. The summed E-state index contributed by atoms with van der Waals surface area (Å²) < 4.78 is 0. The maximum absolute atomic E-state index is 2.81. The van der Waals surface area contributed by atoms with Crippen LogP contribution in [0.15, 0.2) is 0 Å². The third kappa shape index (κ3) is 3.52. The van der Waals surface area contributed by atoms with Gasteiger partial charge in [-0.3, -0.25) is 9.80 Å². The Morgan fingerprint density at radius 2 is 1.79 bits per heavy atom. The molecule has 0 saturated carbocycles. The van der Waals surface area contributed by atoms with Crippen molar-refractivity contribution in [3.63, 3.8) is 0 Å². The van der Waals surface area contributed by atoms with Crippen molar-refractivity contribution < 1.29 is 0 Å². The highest BCUT2D eigenvalue weighted by Gasteiger charge is 2.38. The Labute approximate surface area is 120 Å². The third-order valence-corrected chi connectivity index (χ3v) is 5.59. The fourth-order valence-corrected chi connectivity index (χ4v) is 3.57. The lowest BCUT2D eigenvalue weighted by Gasteiger charge is -2.47. The fraction of sp³-hybridized carbons (Fsp3) is 1.00. The molecule has 0 aromatic heterocycles. The zero-order valence-electron chi connectivity index (χ0n) is 13.9. The van der Waals surface area contributed by atoms with Crippen LogP contribution < -0.4 is 0 Å². The van der Waals surface area contributed by atoms with Crippen molar-refractivity contribution in [2.24, 2.45) is 17.3 Å². The SMILES string of the molecule is CC(C)C1CN2CCCC2CN1CC(C)C(C)(C)C. The van der Waals surface area contributed by atoms with Gasteiger partial charge in [-0.15, -0.1) is 0 Å². The second-order valence-corrected chi connectivity index (χ2v) is 8.32. The summed E-state index contributed by atoms with van der Waals surface area (Å²) in [6.07, 6.45) is 2.84. The summed E-state index contributed by atoms with van der Waals surface area (Å²) in [6, 6.07) is 1.61. The van der Waals surface area contributed by atoms with E-state index >= 15 is 0 Å². The Hall–Kier alpha value is -0.0800. The molecule has 2 heterocycles. The molecule has 3 atom stereocenters. The average Bonchev–Trinajstić information content (AvgIpc) is 2.73. The molecule has 0 radical (unpaired) electrons. The molecule has 2 aliphatic rings. The predicted octanol–water partition coefficient (Wildman–Crippen LogP) is 3.47. The van der Waals surface area contributed by atoms with E-state index in [2.05, 4.69) is 51.3 Å². The summed E-state index contributed by atoms with van der Waals surface area (Å²) in [5, 5.41) is 0. The normalized spacial score (nSPS) is 31.7. The molecule has 19 heavy (non-hydrogen) atoms. The second-order valence-electron chi connectivity index (χ2n) is 8.32. The number of rotatable bonds is 3. The fourth-order valence-electron chi connectivity index (χ4n) is 3.57. The maximum Gasteiger partial charge on any atom is 0.0247 e. The van der Waals surface area contributed by atoms with Gasteiger partial charge < -0.3 is 0 Å². The molecule has 0 aromatic carbocycles.